The molecule has 0 N–H and O–H groups in total. The Morgan fingerprint density at radius 3 is 2.61 bits per heavy atom. The van der Waals surface area contributed by atoms with Crippen LogP contribution >= 0.6 is 11.6 Å². The Morgan fingerprint density at radius 2 is 1.86 bits per heavy atom. The molecule has 144 valence electrons. The van der Waals surface area contributed by atoms with E-state index in [2.05, 4.69) is 4.98 Å². The fourth-order valence-corrected chi connectivity index (χ4v) is 5.20. The van der Waals surface area contributed by atoms with Gasteiger partial charge in [0.25, 0.3) is 0 Å². The number of aromatic nitrogens is 2. The maximum Gasteiger partial charge on any atom is 0.231 e. The van der Waals surface area contributed by atoms with Gasteiger partial charge in [-0.05, 0) is 43.7 Å². The molecule has 3 aromatic rings. The van der Waals surface area contributed by atoms with Crippen LogP contribution in [-0.4, -0.2) is 23.9 Å². The standard InChI is InChI=1S/C20H18ClN3O3S/c1-14-22-10-12-23(14)11-4-7-20(25)24-16-5-2-3-6-18(16)28(26,27)19-9-8-15(21)13-17(19)24/h2-3,5-6,8-10,12-13H,4,7,11H2,1H3. The predicted molar refractivity (Wildman–Crippen MR) is 107 cm³/mol. The number of halogens is 1. The van der Waals surface area contributed by atoms with E-state index >= 15 is 0 Å². The number of hydrogen-bond acceptors (Lipinski definition) is 4. The summed E-state index contributed by atoms with van der Waals surface area (Å²) in [5.41, 5.74) is 0.663. The number of para-hydroxylation sites is 1. The molecule has 0 bridgehead atoms. The molecule has 0 saturated heterocycles. The molecule has 4 rings (SSSR count). The third-order valence-corrected chi connectivity index (χ3v) is 6.89. The van der Waals surface area contributed by atoms with Crippen LogP contribution in [0.5, 0.6) is 0 Å². The molecule has 2 aromatic carbocycles. The minimum Gasteiger partial charge on any atom is -0.335 e. The van der Waals surface area contributed by atoms with Gasteiger partial charge in [0.1, 0.15) is 5.82 Å². The van der Waals surface area contributed by atoms with E-state index < -0.39 is 9.84 Å². The van der Waals surface area contributed by atoms with Crippen molar-refractivity contribution in [3.8, 4) is 0 Å². The second kappa shape index (κ2) is 7.07. The van der Waals surface area contributed by atoms with Crippen molar-refractivity contribution < 1.29 is 13.2 Å². The number of sulfone groups is 1. The smallest absolute Gasteiger partial charge is 0.231 e. The minimum absolute atomic E-state index is 0.0920. The van der Waals surface area contributed by atoms with Crippen molar-refractivity contribution in [3.63, 3.8) is 0 Å². The van der Waals surface area contributed by atoms with Crippen LogP contribution in [-0.2, 0) is 21.2 Å². The Labute approximate surface area is 168 Å². The summed E-state index contributed by atoms with van der Waals surface area (Å²) in [7, 11) is -3.71. The van der Waals surface area contributed by atoms with Crippen LogP contribution in [0.4, 0.5) is 11.4 Å². The van der Waals surface area contributed by atoms with E-state index in [4.69, 9.17) is 11.6 Å². The van der Waals surface area contributed by atoms with Gasteiger partial charge in [-0.25, -0.2) is 13.4 Å². The van der Waals surface area contributed by atoms with Gasteiger partial charge in [0.05, 0.1) is 21.2 Å². The second-order valence-corrected chi connectivity index (χ2v) is 8.91. The largest absolute Gasteiger partial charge is 0.335 e. The molecule has 1 aliphatic rings. The highest BCUT2D eigenvalue weighted by Gasteiger charge is 2.36. The molecular weight excluding hydrogens is 398 g/mol. The van der Waals surface area contributed by atoms with E-state index in [1.165, 1.54) is 29.2 Å². The fraction of sp³-hybridized carbons (Fsp3) is 0.200. The van der Waals surface area contributed by atoms with E-state index in [1.807, 2.05) is 17.7 Å². The Bertz CT molecular complexity index is 1170. The van der Waals surface area contributed by atoms with Crippen molar-refractivity contribution in [3.05, 3.63) is 65.7 Å². The van der Waals surface area contributed by atoms with Gasteiger partial charge in [-0.2, -0.15) is 0 Å². The van der Waals surface area contributed by atoms with Crippen LogP contribution in [0.2, 0.25) is 5.02 Å². The SMILES string of the molecule is Cc1nccn1CCCC(=O)N1c2ccccc2S(=O)(=O)c2ccc(Cl)cc21. The lowest BCUT2D eigenvalue weighted by atomic mass is 10.2. The lowest BCUT2D eigenvalue weighted by Crippen LogP contribution is -2.31. The fourth-order valence-electron chi connectivity index (χ4n) is 3.43. The topological polar surface area (TPSA) is 72.3 Å². The Balaban J connectivity index is 1.69. The highest BCUT2D eigenvalue weighted by atomic mass is 35.5. The summed E-state index contributed by atoms with van der Waals surface area (Å²) in [4.78, 5) is 19.0. The van der Waals surface area contributed by atoms with Gasteiger partial charge in [-0.15, -0.1) is 0 Å². The van der Waals surface area contributed by atoms with Gasteiger partial charge in [-0.1, -0.05) is 23.7 Å². The maximum atomic E-state index is 13.1. The first-order valence-electron chi connectivity index (χ1n) is 8.84. The van der Waals surface area contributed by atoms with E-state index in [0.717, 1.165) is 5.82 Å². The predicted octanol–water partition coefficient (Wildman–Crippen LogP) is 4.14. The molecule has 1 aliphatic heterocycles. The Hall–Kier alpha value is -2.64. The number of imidazole rings is 1. The molecule has 0 unspecified atom stereocenters. The molecule has 1 amide bonds. The quantitative estimate of drug-likeness (QED) is 0.642. The molecule has 0 fully saturated rings. The van der Waals surface area contributed by atoms with Crippen LogP contribution in [0, 0.1) is 6.92 Å². The van der Waals surface area contributed by atoms with Crippen molar-refractivity contribution in [1.82, 2.24) is 9.55 Å². The van der Waals surface area contributed by atoms with Crippen LogP contribution in [0.25, 0.3) is 0 Å². The summed E-state index contributed by atoms with van der Waals surface area (Å²) in [5, 5.41) is 0.375. The van der Waals surface area contributed by atoms with Gasteiger partial charge >= 0.3 is 0 Å². The molecule has 0 spiro atoms. The number of fused-ring (bicyclic) bond motifs is 2. The molecule has 8 heteroatoms. The Kier molecular flexibility index (Phi) is 4.72. The van der Waals surface area contributed by atoms with E-state index in [9.17, 15) is 13.2 Å². The summed E-state index contributed by atoms with van der Waals surface area (Å²) < 4.78 is 28.0. The minimum atomic E-state index is -3.71. The normalized spacial score (nSPS) is 14.4. The summed E-state index contributed by atoms with van der Waals surface area (Å²) in [6.07, 6.45) is 4.47. The molecule has 2 heterocycles. The number of rotatable bonds is 4. The van der Waals surface area contributed by atoms with Crippen molar-refractivity contribution in [1.29, 1.82) is 0 Å². The average molecular weight is 416 g/mol. The monoisotopic (exact) mass is 415 g/mol. The summed E-state index contributed by atoms with van der Waals surface area (Å²) in [5.74, 6) is 0.711. The number of hydrogen-bond donors (Lipinski definition) is 0. The molecular formula is C20H18ClN3O3S. The van der Waals surface area contributed by atoms with Gasteiger partial charge in [0.15, 0.2) is 0 Å². The van der Waals surface area contributed by atoms with Gasteiger partial charge in [0, 0.05) is 30.4 Å². The first kappa shape index (κ1) is 18.7. The number of amides is 1. The second-order valence-electron chi connectivity index (χ2n) is 6.58. The molecule has 0 aliphatic carbocycles. The third-order valence-electron chi connectivity index (χ3n) is 4.81. The molecule has 0 saturated carbocycles. The van der Waals surface area contributed by atoms with Gasteiger partial charge < -0.3 is 4.57 Å². The summed E-state index contributed by atoms with van der Waals surface area (Å²) in [6.45, 7) is 2.57. The zero-order valence-electron chi connectivity index (χ0n) is 15.2. The van der Waals surface area contributed by atoms with Crippen LogP contribution in [0.15, 0.2) is 64.6 Å². The number of nitrogens with zero attached hydrogens (tertiary/aromatic N) is 3. The van der Waals surface area contributed by atoms with Gasteiger partial charge in [-0.3, -0.25) is 9.69 Å². The Morgan fingerprint density at radius 1 is 1.11 bits per heavy atom. The van der Waals surface area contributed by atoms with E-state index in [0.29, 0.717) is 29.4 Å². The molecule has 0 radical (unpaired) electrons. The van der Waals surface area contributed by atoms with Crippen LogP contribution in [0.3, 0.4) is 0 Å². The third kappa shape index (κ3) is 3.10. The molecule has 6 nitrogen and oxygen atoms in total. The van der Waals surface area contributed by atoms with E-state index in [1.54, 1.807) is 24.4 Å². The van der Waals surface area contributed by atoms with Crippen molar-refractivity contribution in [2.75, 3.05) is 4.90 Å². The number of aryl methyl sites for hydroxylation is 2. The molecule has 28 heavy (non-hydrogen) atoms. The number of anilines is 2. The first-order chi connectivity index (χ1) is 13.4. The number of carbonyl (C=O) groups excluding carboxylic acids is 1. The average Bonchev–Trinajstić information content (AvgIpc) is 3.06. The maximum absolute atomic E-state index is 13.1. The lowest BCUT2D eigenvalue weighted by molar-refractivity contribution is -0.118. The summed E-state index contributed by atoms with van der Waals surface area (Å²) >= 11 is 6.11. The molecule has 1 aromatic heterocycles. The summed E-state index contributed by atoms with van der Waals surface area (Å²) in [6, 6.07) is 11.1. The lowest BCUT2D eigenvalue weighted by Gasteiger charge is -2.31. The number of carbonyl (C=O) groups is 1. The number of benzene rings is 2. The highest BCUT2D eigenvalue weighted by Crippen LogP contribution is 2.45. The zero-order valence-corrected chi connectivity index (χ0v) is 16.7. The molecule has 0 atom stereocenters. The van der Waals surface area contributed by atoms with Crippen LogP contribution < -0.4 is 4.90 Å². The van der Waals surface area contributed by atoms with Gasteiger partial charge in [0.2, 0.25) is 15.7 Å². The van der Waals surface area contributed by atoms with E-state index in [-0.39, 0.29) is 22.1 Å². The van der Waals surface area contributed by atoms with Crippen molar-refractivity contribution in [2.45, 2.75) is 36.1 Å². The first-order valence-corrected chi connectivity index (χ1v) is 10.7. The zero-order chi connectivity index (χ0) is 19.9. The van der Waals surface area contributed by atoms with Crippen molar-refractivity contribution in [2.24, 2.45) is 0 Å². The van der Waals surface area contributed by atoms with Crippen molar-refractivity contribution >= 4 is 38.7 Å². The van der Waals surface area contributed by atoms with Crippen LogP contribution in [0.1, 0.15) is 18.7 Å². The highest BCUT2D eigenvalue weighted by molar-refractivity contribution is 7.92.